The molecule has 3 aliphatic carbocycles. The fourth-order valence-corrected chi connectivity index (χ4v) is 4.74. The van der Waals surface area contributed by atoms with E-state index in [-0.39, 0.29) is 30.2 Å². The molecule has 5 rings (SSSR count). The van der Waals surface area contributed by atoms with Crippen LogP contribution in [-0.2, 0) is 4.79 Å². The van der Waals surface area contributed by atoms with E-state index < -0.39 is 5.54 Å². The molecule has 2 unspecified atom stereocenters. The molecule has 1 saturated heterocycles. The number of rotatable bonds is 4. The topological polar surface area (TPSA) is 73.5 Å². The van der Waals surface area contributed by atoms with Gasteiger partial charge in [-0.05, 0) is 56.1 Å². The summed E-state index contributed by atoms with van der Waals surface area (Å²) < 4.78 is 0. The minimum absolute atomic E-state index is 0.114. The number of amides is 3. The summed E-state index contributed by atoms with van der Waals surface area (Å²) in [5.41, 5.74) is -0.460. The Balaban J connectivity index is 1.60. The Kier molecular flexibility index (Phi) is 3.60. The summed E-state index contributed by atoms with van der Waals surface area (Å²) in [5.74, 6) is 0.439. The average molecular weight is 341 g/mol. The fraction of sp³-hybridized carbons (Fsp3) is 0.526. The Bertz CT molecular complexity index is 754. The van der Waals surface area contributed by atoms with Gasteiger partial charge in [0.15, 0.2) is 5.78 Å². The van der Waals surface area contributed by atoms with Crippen LogP contribution < -0.4 is 0 Å². The van der Waals surface area contributed by atoms with E-state index in [1.165, 1.54) is 0 Å². The second-order valence-corrected chi connectivity index (χ2v) is 7.62. The minimum atomic E-state index is -0.874. The number of allylic oxidation sites excluding steroid dienone is 2. The predicted octanol–water partition coefficient (Wildman–Crippen LogP) is 2.45. The molecule has 6 nitrogen and oxygen atoms in total. The Morgan fingerprint density at radius 2 is 2.12 bits per heavy atom. The van der Waals surface area contributed by atoms with E-state index >= 15 is 0 Å². The fourth-order valence-electron chi connectivity index (χ4n) is 4.74. The van der Waals surface area contributed by atoms with Crippen LogP contribution in [0.4, 0.5) is 4.79 Å². The molecule has 6 heteroatoms. The normalized spacial score (nSPS) is 34.2. The molecule has 3 amide bonds. The molecule has 4 atom stereocenters. The summed E-state index contributed by atoms with van der Waals surface area (Å²) in [6.45, 7) is 1.65. The maximum atomic E-state index is 13.2. The number of hydrogen-bond acceptors (Lipinski definition) is 3. The smallest absolute Gasteiger partial charge is 0.327 e. The van der Waals surface area contributed by atoms with Crippen LogP contribution in [0, 0.1) is 17.8 Å². The van der Waals surface area contributed by atoms with Crippen molar-refractivity contribution in [2.45, 2.75) is 31.7 Å². The van der Waals surface area contributed by atoms with Crippen LogP contribution >= 0.6 is 0 Å². The van der Waals surface area contributed by atoms with Crippen molar-refractivity contribution >= 4 is 17.7 Å². The number of fused-ring (bicyclic) bond motifs is 2. The summed E-state index contributed by atoms with van der Waals surface area (Å²) in [6, 6.07) is 3.00. The predicted molar refractivity (Wildman–Crippen MR) is 91.9 cm³/mol. The zero-order chi connectivity index (χ0) is 17.8. The first-order valence-electron chi connectivity index (χ1n) is 8.87. The monoisotopic (exact) mass is 341 g/mol. The number of nitrogens with one attached hydrogen (secondary N) is 1. The molecule has 1 saturated carbocycles. The van der Waals surface area contributed by atoms with Gasteiger partial charge in [-0.2, -0.15) is 0 Å². The molecule has 4 aliphatic rings. The average Bonchev–Trinajstić information content (AvgIpc) is 3.23. The van der Waals surface area contributed by atoms with E-state index in [0.717, 1.165) is 24.2 Å². The summed E-state index contributed by atoms with van der Waals surface area (Å²) in [5, 5.41) is 0. The zero-order valence-corrected chi connectivity index (χ0v) is 14.6. The Morgan fingerprint density at radius 3 is 2.68 bits per heavy atom. The molecule has 0 aromatic carbocycles. The van der Waals surface area contributed by atoms with Crippen molar-refractivity contribution in [1.82, 2.24) is 14.8 Å². The molecule has 2 bridgehead atoms. The van der Waals surface area contributed by atoms with Crippen molar-refractivity contribution in [2.24, 2.45) is 17.8 Å². The number of aromatic amines is 1. The molecule has 2 fully saturated rings. The molecule has 1 aromatic heterocycles. The maximum Gasteiger partial charge on any atom is 0.327 e. The highest BCUT2D eigenvalue weighted by molar-refractivity contribution is 6.10. The van der Waals surface area contributed by atoms with Crippen molar-refractivity contribution in [3.05, 3.63) is 36.2 Å². The van der Waals surface area contributed by atoms with Crippen LogP contribution in [0.15, 0.2) is 30.5 Å². The van der Waals surface area contributed by atoms with Crippen molar-refractivity contribution in [1.29, 1.82) is 0 Å². The van der Waals surface area contributed by atoms with Crippen LogP contribution in [0.25, 0.3) is 0 Å². The van der Waals surface area contributed by atoms with Crippen LogP contribution in [-0.4, -0.2) is 51.6 Å². The van der Waals surface area contributed by atoms with Gasteiger partial charge in [-0.15, -0.1) is 0 Å². The lowest BCUT2D eigenvalue weighted by Crippen LogP contribution is -2.55. The molecular weight excluding hydrogens is 318 g/mol. The molecule has 2 heterocycles. The standard InChI is InChI=1S/C19H23N3O3/c1-19(14-10-12-5-7-13(14)8-6-12)17(24)22(18(25)21(19)2)11-16(23)15-4-3-9-20-15/h3-5,7,9,12-14,20H,6,8,10-11H2,1-2H3/t12-,13+,14?,19?/m0/s1. The van der Waals surface area contributed by atoms with Crippen LogP contribution in [0.5, 0.6) is 0 Å². The molecular formula is C19H23N3O3. The molecule has 1 aromatic rings. The van der Waals surface area contributed by atoms with Gasteiger partial charge in [0.25, 0.3) is 5.91 Å². The summed E-state index contributed by atoms with van der Waals surface area (Å²) in [4.78, 5) is 43.8. The van der Waals surface area contributed by atoms with Crippen molar-refractivity contribution in [3.63, 3.8) is 0 Å². The maximum absolute atomic E-state index is 13.2. The van der Waals surface area contributed by atoms with Crippen LogP contribution in [0.1, 0.15) is 36.7 Å². The van der Waals surface area contributed by atoms with Gasteiger partial charge in [0, 0.05) is 13.2 Å². The number of Topliss-reactive ketones (excluding diaryl/α,β-unsaturated/α-hetero) is 1. The number of ketones is 1. The highest BCUT2D eigenvalue weighted by atomic mass is 16.2. The first-order chi connectivity index (χ1) is 11.9. The van der Waals surface area contributed by atoms with E-state index in [2.05, 4.69) is 17.1 Å². The lowest BCUT2D eigenvalue weighted by atomic mass is 9.62. The number of imide groups is 1. The van der Waals surface area contributed by atoms with Gasteiger partial charge in [-0.25, -0.2) is 4.79 Å². The second-order valence-electron chi connectivity index (χ2n) is 7.62. The van der Waals surface area contributed by atoms with Gasteiger partial charge in [0.05, 0.1) is 12.2 Å². The van der Waals surface area contributed by atoms with E-state index in [1.54, 1.807) is 30.3 Å². The van der Waals surface area contributed by atoms with E-state index in [4.69, 9.17) is 0 Å². The Labute approximate surface area is 146 Å². The summed E-state index contributed by atoms with van der Waals surface area (Å²) in [6.07, 6.45) is 9.28. The minimum Gasteiger partial charge on any atom is -0.359 e. The molecule has 1 aliphatic heterocycles. The number of urea groups is 1. The van der Waals surface area contributed by atoms with Crippen molar-refractivity contribution in [2.75, 3.05) is 13.6 Å². The van der Waals surface area contributed by atoms with E-state index in [0.29, 0.717) is 17.5 Å². The number of H-pyrrole nitrogens is 1. The number of hydrogen-bond donors (Lipinski definition) is 1. The third-order valence-electron chi connectivity index (χ3n) is 6.39. The Morgan fingerprint density at radius 1 is 1.32 bits per heavy atom. The number of carbonyl (C=O) groups is 3. The van der Waals surface area contributed by atoms with Crippen molar-refractivity contribution in [3.8, 4) is 0 Å². The van der Waals surface area contributed by atoms with E-state index in [9.17, 15) is 14.4 Å². The van der Waals surface area contributed by atoms with E-state index in [1.807, 2.05) is 6.92 Å². The molecule has 1 N–H and O–H groups in total. The number of aromatic nitrogens is 1. The number of likely N-dealkylation sites (N-methyl/N-ethyl adjacent to an activating group) is 1. The molecule has 0 spiro atoms. The third kappa shape index (κ3) is 2.27. The summed E-state index contributed by atoms with van der Waals surface area (Å²) >= 11 is 0. The molecule has 25 heavy (non-hydrogen) atoms. The number of nitrogens with zero attached hydrogens (tertiary/aromatic N) is 2. The van der Waals surface area contributed by atoms with Crippen molar-refractivity contribution < 1.29 is 14.4 Å². The Hall–Kier alpha value is -2.37. The van der Waals surface area contributed by atoms with Gasteiger partial charge < -0.3 is 9.88 Å². The third-order valence-corrected chi connectivity index (χ3v) is 6.39. The first-order valence-corrected chi connectivity index (χ1v) is 8.87. The van der Waals surface area contributed by atoms with Gasteiger partial charge in [0.2, 0.25) is 0 Å². The lowest BCUT2D eigenvalue weighted by molar-refractivity contribution is -0.136. The zero-order valence-electron chi connectivity index (χ0n) is 14.6. The largest absolute Gasteiger partial charge is 0.359 e. The number of carbonyl (C=O) groups excluding carboxylic acids is 3. The lowest BCUT2D eigenvalue weighted by Gasteiger charge is -2.47. The first kappa shape index (κ1) is 16.1. The molecule has 132 valence electrons. The van der Waals surface area contributed by atoms with Crippen LogP contribution in [0.3, 0.4) is 0 Å². The second kappa shape index (κ2) is 5.58. The van der Waals surface area contributed by atoms with Gasteiger partial charge >= 0.3 is 6.03 Å². The SMILES string of the molecule is CN1C(=O)N(CC(=O)c2ccc[nH]2)C(=O)C1(C)C1C[C@H]2C=C[C@@H]1CC2. The highest BCUT2D eigenvalue weighted by Crippen LogP contribution is 2.49. The summed E-state index contributed by atoms with van der Waals surface area (Å²) in [7, 11) is 1.69. The van der Waals surface area contributed by atoms with Gasteiger partial charge in [0.1, 0.15) is 5.54 Å². The van der Waals surface area contributed by atoms with Gasteiger partial charge in [-0.3, -0.25) is 14.5 Å². The quantitative estimate of drug-likeness (QED) is 0.519. The van der Waals surface area contributed by atoms with Gasteiger partial charge in [-0.1, -0.05) is 12.2 Å². The molecule has 0 radical (unpaired) electrons. The van der Waals surface area contributed by atoms with Crippen LogP contribution in [0.2, 0.25) is 0 Å². The highest BCUT2D eigenvalue weighted by Gasteiger charge is 2.59.